The Hall–Kier alpha value is -3.79. The first-order valence-electron chi connectivity index (χ1n) is 11.2. The van der Waals surface area contributed by atoms with Gasteiger partial charge in [-0.05, 0) is 70.9 Å². The number of rotatable bonds is 8. The molecular formula is C29H22N2O2S2. The number of thioether (sulfide) groups is 1. The Morgan fingerprint density at radius 1 is 0.971 bits per heavy atom. The van der Waals surface area contributed by atoms with Gasteiger partial charge < -0.3 is 9.47 Å². The number of thiazole rings is 1. The van der Waals surface area contributed by atoms with Gasteiger partial charge in [-0.2, -0.15) is 5.26 Å². The fourth-order valence-electron chi connectivity index (χ4n) is 3.80. The summed E-state index contributed by atoms with van der Waals surface area (Å²) in [5, 5.41) is 12.1. The van der Waals surface area contributed by atoms with Crippen LogP contribution in [0.4, 0.5) is 0 Å². The summed E-state index contributed by atoms with van der Waals surface area (Å²) >= 11 is 2.96. The molecule has 4 nitrogen and oxygen atoms in total. The molecule has 1 aromatic heterocycles. The zero-order valence-corrected chi connectivity index (χ0v) is 20.7. The Morgan fingerprint density at radius 3 is 2.66 bits per heavy atom. The third-order valence-corrected chi connectivity index (χ3v) is 7.44. The number of hydrogen-bond acceptors (Lipinski definition) is 6. The second kappa shape index (κ2) is 10.6. The highest BCUT2D eigenvalue weighted by Gasteiger charge is 2.11. The lowest BCUT2D eigenvalue weighted by Crippen LogP contribution is -2.00. The fraction of sp³-hybridized carbons (Fsp3) is 0.103. The summed E-state index contributed by atoms with van der Waals surface area (Å²) < 4.78 is 14.0. The fourth-order valence-corrected chi connectivity index (χ4v) is 5.78. The maximum absolute atomic E-state index is 9.73. The van der Waals surface area contributed by atoms with Gasteiger partial charge in [0.25, 0.3) is 0 Å². The number of aromatic nitrogens is 1. The second-order valence-corrected chi connectivity index (χ2v) is 10.1. The minimum Gasteiger partial charge on any atom is -0.490 e. The highest BCUT2D eigenvalue weighted by Crippen LogP contribution is 2.36. The molecule has 0 saturated carbocycles. The smallest absolute Gasteiger partial charge is 0.161 e. The summed E-state index contributed by atoms with van der Waals surface area (Å²) in [4.78, 5) is 5.19. The monoisotopic (exact) mass is 494 g/mol. The van der Waals surface area contributed by atoms with Crippen molar-refractivity contribution in [1.82, 2.24) is 4.98 Å². The van der Waals surface area contributed by atoms with E-state index in [0.29, 0.717) is 29.6 Å². The molecule has 0 aliphatic rings. The van der Waals surface area contributed by atoms with Gasteiger partial charge in [0.2, 0.25) is 0 Å². The van der Waals surface area contributed by atoms with Crippen molar-refractivity contribution < 1.29 is 9.47 Å². The van der Waals surface area contributed by atoms with Crippen LogP contribution in [0.2, 0.25) is 0 Å². The van der Waals surface area contributed by atoms with Crippen LogP contribution in [-0.4, -0.2) is 11.6 Å². The minimum atomic E-state index is 0.438. The molecule has 0 bridgehead atoms. The van der Waals surface area contributed by atoms with E-state index in [1.165, 1.54) is 22.5 Å². The highest BCUT2D eigenvalue weighted by atomic mass is 32.2. The Bertz CT molecular complexity index is 1530. The van der Waals surface area contributed by atoms with E-state index in [1.54, 1.807) is 11.3 Å². The molecule has 5 aromatic rings. The summed E-state index contributed by atoms with van der Waals surface area (Å²) in [7, 11) is 0. The van der Waals surface area contributed by atoms with E-state index in [0.717, 1.165) is 25.7 Å². The number of fused-ring (bicyclic) bond motifs is 2. The van der Waals surface area contributed by atoms with Crippen molar-refractivity contribution >= 4 is 50.2 Å². The lowest BCUT2D eigenvalue weighted by atomic mass is 10.1. The molecule has 0 amide bonds. The van der Waals surface area contributed by atoms with Gasteiger partial charge in [-0.25, -0.2) is 4.98 Å². The van der Waals surface area contributed by atoms with Gasteiger partial charge in [0, 0.05) is 0 Å². The van der Waals surface area contributed by atoms with Crippen LogP contribution in [0.15, 0.2) is 94.2 Å². The van der Waals surface area contributed by atoms with Gasteiger partial charge in [-0.3, -0.25) is 0 Å². The molecule has 0 aliphatic carbocycles. The van der Waals surface area contributed by atoms with Gasteiger partial charge in [-0.1, -0.05) is 60.7 Å². The maximum atomic E-state index is 9.73. The molecule has 6 heteroatoms. The number of allylic oxidation sites excluding steroid dienone is 1. The molecular weight excluding hydrogens is 472 g/mol. The van der Waals surface area contributed by atoms with Crippen LogP contribution in [-0.2, 0) is 6.61 Å². The van der Waals surface area contributed by atoms with Crippen molar-refractivity contribution in [3.63, 3.8) is 0 Å². The third-order valence-electron chi connectivity index (χ3n) is 5.41. The first-order chi connectivity index (χ1) is 17.2. The normalized spacial score (nSPS) is 11.5. The van der Waals surface area contributed by atoms with E-state index >= 15 is 0 Å². The molecule has 0 spiro atoms. The number of ether oxygens (including phenoxy) is 2. The summed E-state index contributed by atoms with van der Waals surface area (Å²) in [6.45, 7) is 2.90. The van der Waals surface area contributed by atoms with Crippen LogP contribution in [0.25, 0.3) is 27.1 Å². The number of nitriles is 1. The van der Waals surface area contributed by atoms with Gasteiger partial charge in [-0.15, -0.1) is 11.3 Å². The summed E-state index contributed by atoms with van der Waals surface area (Å²) in [5.41, 5.74) is 2.94. The van der Waals surface area contributed by atoms with Gasteiger partial charge in [0.15, 0.2) is 15.8 Å². The van der Waals surface area contributed by atoms with Crippen molar-refractivity contribution in [2.24, 2.45) is 0 Å². The Balaban J connectivity index is 1.36. The summed E-state index contributed by atoms with van der Waals surface area (Å²) in [6, 6.07) is 30.6. The molecule has 172 valence electrons. The molecule has 0 fully saturated rings. The van der Waals surface area contributed by atoms with E-state index in [1.807, 2.05) is 73.7 Å². The van der Waals surface area contributed by atoms with Crippen LogP contribution < -0.4 is 9.47 Å². The highest BCUT2D eigenvalue weighted by molar-refractivity contribution is 8.05. The summed E-state index contributed by atoms with van der Waals surface area (Å²) in [5.74, 6) is 1.33. The Labute approximate surface area is 212 Å². The molecule has 0 radical (unpaired) electrons. The second-order valence-electron chi connectivity index (χ2n) is 7.74. The molecule has 0 N–H and O–H groups in total. The predicted molar refractivity (Wildman–Crippen MR) is 145 cm³/mol. The Morgan fingerprint density at radius 2 is 1.80 bits per heavy atom. The van der Waals surface area contributed by atoms with Crippen LogP contribution in [0, 0.1) is 11.3 Å². The molecule has 4 aromatic carbocycles. The van der Waals surface area contributed by atoms with Crippen molar-refractivity contribution in [2.45, 2.75) is 17.9 Å². The lowest BCUT2D eigenvalue weighted by molar-refractivity contribution is 0.270. The van der Waals surface area contributed by atoms with Crippen molar-refractivity contribution in [3.8, 4) is 17.6 Å². The van der Waals surface area contributed by atoms with Crippen LogP contribution in [0.1, 0.15) is 18.1 Å². The molecule has 0 atom stereocenters. The molecule has 5 rings (SSSR count). The van der Waals surface area contributed by atoms with Crippen molar-refractivity contribution in [2.75, 3.05) is 6.61 Å². The number of hydrogen-bond donors (Lipinski definition) is 0. The number of nitrogens with zero attached hydrogens (tertiary/aromatic N) is 2. The molecule has 1 heterocycles. The first kappa shape index (κ1) is 23.0. The van der Waals surface area contributed by atoms with E-state index in [9.17, 15) is 5.26 Å². The number of para-hydroxylation sites is 1. The van der Waals surface area contributed by atoms with Gasteiger partial charge in [0.05, 0.1) is 21.7 Å². The standard InChI is InChI=1S/C29H22N2O2S2/c1-2-32-27-17-20(16-23(18-30)34-29-31-25-12-5-6-13-28(25)35-29)14-15-26(27)33-19-22-10-7-9-21-8-3-4-11-24(21)22/h3-17H,2,19H2,1H3. The summed E-state index contributed by atoms with van der Waals surface area (Å²) in [6.07, 6.45) is 1.85. The van der Waals surface area contributed by atoms with Crippen LogP contribution in [0.3, 0.4) is 0 Å². The first-order valence-corrected chi connectivity index (χ1v) is 12.9. The average molecular weight is 495 g/mol. The SMILES string of the molecule is CCOc1cc(C=C(C#N)Sc2nc3ccccc3s2)ccc1OCc1cccc2ccccc12. The topological polar surface area (TPSA) is 55.1 Å². The number of benzene rings is 4. The molecule has 0 aliphatic heterocycles. The van der Waals surface area contributed by atoms with Crippen molar-refractivity contribution in [3.05, 3.63) is 101 Å². The van der Waals surface area contributed by atoms with Crippen LogP contribution in [0.5, 0.6) is 11.5 Å². The predicted octanol–water partition coefficient (Wildman–Crippen LogP) is 8.08. The zero-order chi connectivity index (χ0) is 24.0. The lowest BCUT2D eigenvalue weighted by Gasteiger charge is -2.14. The third kappa shape index (κ3) is 5.32. The van der Waals surface area contributed by atoms with Gasteiger partial charge >= 0.3 is 0 Å². The van der Waals surface area contributed by atoms with E-state index in [2.05, 4.69) is 35.3 Å². The largest absolute Gasteiger partial charge is 0.490 e. The maximum Gasteiger partial charge on any atom is 0.161 e. The molecule has 0 unspecified atom stereocenters. The average Bonchev–Trinajstić information content (AvgIpc) is 3.30. The van der Waals surface area contributed by atoms with E-state index in [-0.39, 0.29) is 0 Å². The quantitative estimate of drug-likeness (QED) is 0.161. The molecule has 35 heavy (non-hydrogen) atoms. The Kier molecular flexibility index (Phi) is 6.99. The molecule has 0 saturated heterocycles. The zero-order valence-electron chi connectivity index (χ0n) is 19.1. The van der Waals surface area contributed by atoms with Crippen LogP contribution >= 0.6 is 23.1 Å². The minimum absolute atomic E-state index is 0.438. The van der Waals surface area contributed by atoms with Crippen molar-refractivity contribution in [1.29, 1.82) is 5.26 Å². The van der Waals surface area contributed by atoms with Gasteiger partial charge in [0.1, 0.15) is 12.7 Å². The van der Waals surface area contributed by atoms with E-state index in [4.69, 9.17) is 9.47 Å². The van der Waals surface area contributed by atoms with E-state index < -0.39 is 0 Å².